The van der Waals surface area contributed by atoms with Crippen LogP contribution in [0.3, 0.4) is 0 Å². The molecule has 1 heterocycles. The van der Waals surface area contributed by atoms with Crippen LogP contribution in [-0.2, 0) is 10.3 Å². The highest BCUT2D eigenvalue weighted by Crippen LogP contribution is 2.30. The fourth-order valence-electron chi connectivity index (χ4n) is 2.59. The van der Waals surface area contributed by atoms with Gasteiger partial charge in [0.05, 0.1) is 13.3 Å². The third-order valence-electron chi connectivity index (χ3n) is 4.16. The summed E-state index contributed by atoms with van der Waals surface area (Å²) in [5.41, 5.74) is -0.242. The average Bonchev–Trinajstić information content (AvgIpc) is 2.86. The SMILES string of the molecule is COc1ccc(C2(C)NC(=O)N(/N=C/c3ccc(O)c(O)c3)C2=O)cc1. The Kier molecular flexibility index (Phi) is 4.25. The average molecular weight is 355 g/mol. The van der Waals surface area contributed by atoms with E-state index < -0.39 is 17.5 Å². The topological polar surface area (TPSA) is 111 Å². The van der Waals surface area contributed by atoms with Crippen LogP contribution < -0.4 is 10.1 Å². The molecule has 1 fully saturated rings. The van der Waals surface area contributed by atoms with E-state index in [4.69, 9.17) is 4.74 Å². The second kappa shape index (κ2) is 6.40. The molecule has 2 aromatic carbocycles. The Morgan fingerprint density at radius 3 is 2.42 bits per heavy atom. The highest BCUT2D eigenvalue weighted by Gasteiger charge is 2.49. The number of ether oxygens (including phenoxy) is 1. The minimum Gasteiger partial charge on any atom is -0.504 e. The molecule has 0 saturated carbocycles. The number of phenolic OH excluding ortho intramolecular Hbond substituents is 2. The molecule has 1 saturated heterocycles. The number of aromatic hydroxyl groups is 2. The standard InChI is InChI=1S/C18H17N3O5/c1-18(12-4-6-13(26-2)7-5-12)16(24)21(17(25)20-18)19-10-11-3-8-14(22)15(23)9-11/h3-10,22-23H,1-2H3,(H,20,25)/b19-10+. The number of benzene rings is 2. The number of methoxy groups -OCH3 is 1. The fraction of sp³-hybridized carbons (Fsp3) is 0.167. The molecule has 3 amide bonds. The van der Waals surface area contributed by atoms with Crippen LogP contribution in [0.25, 0.3) is 0 Å². The molecule has 3 rings (SSSR count). The van der Waals surface area contributed by atoms with E-state index in [2.05, 4.69) is 10.4 Å². The van der Waals surface area contributed by atoms with Gasteiger partial charge in [-0.2, -0.15) is 5.10 Å². The van der Waals surface area contributed by atoms with Crippen molar-refractivity contribution in [1.29, 1.82) is 0 Å². The molecule has 1 unspecified atom stereocenters. The molecule has 1 atom stereocenters. The summed E-state index contributed by atoms with van der Waals surface area (Å²) >= 11 is 0. The number of carbonyl (C=O) groups is 2. The van der Waals surface area contributed by atoms with E-state index in [-0.39, 0.29) is 11.5 Å². The quantitative estimate of drug-likeness (QED) is 0.441. The van der Waals surface area contributed by atoms with Crippen molar-refractivity contribution in [2.24, 2.45) is 5.10 Å². The van der Waals surface area contributed by atoms with Gasteiger partial charge in [0.25, 0.3) is 5.91 Å². The van der Waals surface area contributed by atoms with E-state index in [9.17, 15) is 19.8 Å². The third-order valence-corrected chi connectivity index (χ3v) is 4.16. The van der Waals surface area contributed by atoms with Crippen molar-refractivity contribution >= 4 is 18.2 Å². The van der Waals surface area contributed by atoms with Crippen LogP contribution in [0.2, 0.25) is 0 Å². The first-order chi connectivity index (χ1) is 12.3. The van der Waals surface area contributed by atoms with Crippen molar-refractivity contribution in [3.63, 3.8) is 0 Å². The van der Waals surface area contributed by atoms with E-state index in [0.717, 1.165) is 5.01 Å². The van der Waals surface area contributed by atoms with Crippen LogP contribution in [0, 0.1) is 0 Å². The fourth-order valence-corrected chi connectivity index (χ4v) is 2.59. The Bertz CT molecular complexity index is 894. The number of phenols is 2. The van der Waals surface area contributed by atoms with Crippen molar-refractivity contribution in [2.75, 3.05) is 7.11 Å². The van der Waals surface area contributed by atoms with Gasteiger partial charge in [-0.25, -0.2) is 4.79 Å². The zero-order valence-corrected chi connectivity index (χ0v) is 14.1. The highest BCUT2D eigenvalue weighted by atomic mass is 16.5. The van der Waals surface area contributed by atoms with Gasteiger partial charge < -0.3 is 20.3 Å². The molecule has 134 valence electrons. The van der Waals surface area contributed by atoms with Crippen molar-refractivity contribution in [1.82, 2.24) is 10.3 Å². The molecule has 26 heavy (non-hydrogen) atoms. The van der Waals surface area contributed by atoms with E-state index in [0.29, 0.717) is 16.9 Å². The molecule has 1 aliphatic heterocycles. The first-order valence-corrected chi connectivity index (χ1v) is 7.72. The maximum atomic E-state index is 12.7. The number of nitrogens with zero attached hydrogens (tertiary/aromatic N) is 2. The summed E-state index contributed by atoms with van der Waals surface area (Å²) in [7, 11) is 1.54. The van der Waals surface area contributed by atoms with Crippen LogP contribution in [0.15, 0.2) is 47.6 Å². The first kappa shape index (κ1) is 17.3. The summed E-state index contributed by atoms with van der Waals surface area (Å²) < 4.78 is 5.09. The number of nitrogens with one attached hydrogen (secondary N) is 1. The molecule has 8 heteroatoms. The monoisotopic (exact) mass is 355 g/mol. The van der Waals surface area contributed by atoms with Gasteiger partial charge in [0, 0.05) is 0 Å². The number of hydrogen-bond acceptors (Lipinski definition) is 6. The summed E-state index contributed by atoms with van der Waals surface area (Å²) in [4.78, 5) is 24.9. The molecular weight excluding hydrogens is 338 g/mol. The number of amides is 3. The Hall–Kier alpha value is -3.55. The molecular formula is C18H17N3O5. The highest BCUT2D eigenvalue weighted by molar-refractivity contribution is 6.07. The van der Waals surface area contributed by atoms with Crippen LogP contribution in [-0.4, -0.2) is 40.5 Å². The molecule has 3 N–H and O–H groups in total. The van der Waals surface area contributed by atoms with Gasteiger partial charge in [0.15, 0.2) is 11.5 Å². The van der Waals surface area contributed by atoms with Gasteiger partial charge in [0.2, 0.25) is 0 Å². The first-order valence-electron chi connectivity index (χ1n) is 7.72. The number of hydrazone groups is 1. The van der Waals surface area contributed by atoms with E-state index in [1.54, 1.807) is 31.2 Å². The smallest absolute Gasteiger partial charge is 0.346 e. The Morgan fingerprint density at radius 2 is 1.81 bits per heavy atom. The maximum absolute atomic E-state index is 12.7. The van der Waals surface area contributed by atoms with Gasteiger partial charge in [-0.3, -0.25) is 4.79 Å². The lowest BCUT2D eigenvalue weighted by Gasteiger charge is -2.21. The largest absolute Gasteiger partial charge is 0.504 e. The molecule has 1 aliphatic rings. The zero-order valence-electron chi connectivity index (χ0n) is 14.1. The number of imide groups is 1. The number of hydrogen-bond donors (Lipinski definition) is 3. The molecule has 0 aliphatic carbocycles. The predicted octanol–water partition coefficient (Wildman–Crippen LogP) is 1.91. The van der Waals surface area contributed by atoms with Crippen LogP contribution in [0.5, 0.6) is 17.2 Å². The molecule has 0 radical (unpaired) electrons. The Labute approximate surface area is 149 Å². The summed E-state index contributed by atoms with van der Waals surface area (Å²) in [6.45, 7) is 1.59. The minimum atomic E-state index is -1.25. The van der Waals surface area contributed by atoms with Gasteiger partial charge >= 0.3 is 6.03 Å². The maximum Gasteiger partial charge on any atom is 0.346 e. The molecule has 8 nitrogen and oxygen atoms in total. The van der Waals surface area contributed by atoms with Gasteiger partial charge in [-0.1, -0.05) is 12.1 Å². The number of carbonyl (C=O) groups excluding carboxylic acids is 2. The lowest BCUT2D eigenvalue weighted by molar-refractivity contribution is -0.131. The Balaban J connectivity index is 1.85. The van der Waals surface area contributed by atoms with E-state index in [1.165, 1.54) is 31.5 Å². The van der Waals surface area contributed by atoms with Crippen LogP contribution in [0.1, 0.15) is 18.1 Å². The molecule has 0 bridgehead atoms. The Morgan fingerprint density at radius 1 is 1.12 bits per heavy atom. The van der Waals surface area contributed by atoms with Gasteiger partial charge in [-0.05, 0) is 48.4 Å². The molecule has 0 spiro atoms. The number of rotatable bonds is 4. The zero-order chi connectivity index (χ0) is 18.9. The van der Waals surface area contributed by atoms with Crippen molar-refractivity contribution in [2.45, 2.75) is 12.5 Å². The minimum absolute atomic E-state index is 0.274. The summed E-state index contributed by atoms with van der Waals surface area (Å²) in [6.07, 6.45) is 1.25. The molecule has 0 aromatic heterocycles. The van der Waals surface area contributed by atoms with Crippen LogP contribution >= 0.6 is 0 Å². The predicted molar refractivity (Wildman–Crippen MR) is 93.1 cm³/mol. The summed E-state index contributed by atoms with van der Waals surface area (Å²) in [5, 5.41) is 26.1. The third kappa shape index (κ3) is 2.92. The normalized spacial score (nSPS) is 19.8. The lowest BCUT2D eigenvalue weighted by Crippen LogP contribution is -2.40. The summed E-state index contributed by atoms with van der Waals surface area (Å²) in [5.74, 6) is -0.499. The second-order valence-corrected chi connectivity index (χ2v) is 5.89. The molecule has 2 aromatic rings. The van der Waals surface area contributed by atoms with Gasteiger partial charge in [-0.15, -0.1) is 5.01 Å². The van der Waals surface area contributed by atoms with Crippen molar-refractivity contribution in [3.05, 3.63) is 53.6 Å². The lowest BCUT2D eigenvalue weighted by atomic mass is 9.92. The summed E-state index contributed by atoms with van der Waals surface area (Å²) in [6, 6.07) is 10.2. The van der Waals surface area contributed by atoms with E-state index in [1.807, 2.05) is 0 Å². The van der Waals surface area contributed by atoms with E-state index >= 15 is 0 Å². The van der Waals surface area contributed by atoms with Crippen molar-refractivity contribution < 1.29 is 24.5 Å². The second-order valence-electron chi connectivity index (χ2n) is 5.89. The van der Waals surface area contributed by atoms with Crippen molar-refractivity contribution in [3.8, 4) is 17.2 Å². The van der Waals surface area contributed by atoms with Gasteiger partial charge in [0.1, 0.15) is 11.3 Å². The number of urea groups is 1. The van der Waals surface area contributed by atoms with Crippen LogP contribution in [0.4, 0.5) is 4.79 Å².